The van der Waals surface area contributed by atoms with Crippen molar-refractivity contribution in [2.45, 2.75) is 25.3 Å². The van der Waals surface area contributed by atoms with Gasteiger partial charge in [0.05, 0.1) is 11.6 Å². The van der Waals surface area contributed by atoms with Crippen molar-refractivity contribution < 1.29 is 0 Å². The fourth-order valence-corrected chi connectivity index (χ4v) is 1.70. The lowest BCUT2D eigenvalue weighted by molar-refractivity contribution is 0.586. The third-order valence-corrected chi connectivity index (χ3v) is 2.88. The first-order valence-electron chi connectivity index (χ1n) is 5.30. The standard InChI is InChI=1S/C11H15ClN4/c1-9(12)10-7-14-16(8-10)6-4-11-3-5-13-15(11)2/h3,5,7-9H,4,6H2,1-2H3. The van der Waals surface area contributed by atoms with E-state index >= 15 is 0 Å². The predicted octanol–water partition coefficient (Wildman–Crippen LogP) is 2.16. The number of aromatic nitrogens is 4. The Kier molecular flexibility index (Phi) is 3.29. The number of aryl methyl sites for hydroxylation is 3. The maximum Gasteiger partial charge on any atom is 0.0588 e. The van der Waals surface area contributed by atoms with Crippen LogP contribution in [0.5, 0.6) is 0 Å². The van der Waals surface area contributed by atoms with Crippen LogP contribution in [0.2, 0.25) is 0 Å². The maximum atomic E-state index is 5.97. The van der Waals surface area contributed by atoms with E-state index in [4.69, 9.17) is 11.6 Å². The molecule has 16 heavy (non-hydrogen) atoms. The van der Waals surface area contributed by atoms with Crippen LogP contribution in [-0.4, -0.2) is 19.6 Å². The Bertz CT molecular complexity index is 458. The summed E-state index contributed by atoms with van der Waals surface area (Å²) in [5.41, 5.74) is 2.27. The Balaban J connectivity index is 1.97. The molecule has 0 aliphatic heterocycles. The van der Waals surface area contributed by atoms with Crippen LogP contribution in [0.15, 0.2) is 24.7 Å². The molecule has 0 spiro atoms. The Labute approximate surface area is 99.8 Å². The average molecular weight is 239 g/mol. The average Bonchev–Trinajstić information content (AvgIpc) is 2.83. The minimum absolute atomic E-state index is 0.0189. The Morgan fingerprint density at radius 3 is 2.81 bits per heavy atom. The van der Waals surface area contributed by atoms with Crippen molar-refractivity contribution in [3.63, 3.8) is 0 Å². The highest BCUT2D eigenvalue weighted by molar-refractivity contribution is 6.20. The van der Waals surface area contributed by atoms with Crippen molar-refractivity contribution >= 4 is 11.6 Å². The maximum absolute atomic E-state index is 5.97. The van der Waals surface area contributed by atoms with Gasteiger partial charge in [0.1, 0.15) is 0 Å². The normalized spacial score (nSPS) is 12.9. The molecule has 4 nitrogen and oxygen atoms in total. The Morgan fingerprint density at radius 1 is 1.44 bits per heavy atom. The first-order chi connectivity index (χ1) is 7.66. The molecule has 2 aromatic rings. The van der Waals surface area contributed by atoms with Gasteiger partial charge in [-0.25, -0.2) is 0 Å². The number of halogens is 1. The van der Waals surface area contributed by atoms with Gasteiger partial charge in [-0.05, 0) is 13.0 Å². The van der Waals surface area contributed by atoms with Gasteiger partial charge in [-0.15, -0.1) is 11.6 Å². The molecule has 0 radical (unpaired) electrons. The molecule has 0 fully saturated rings. The molecular formula is C11H15ClN4. The van der Waals surface area contributed by atoms with Crippen molar-refractivity contribution in [2.75, 3.05) is 0 Å². The summed E-state index contributed by atoms with van der Waals surface area (Å²) in [7, 11) is 1.95. The molecule has 0 aromatic carbocycles. The molecule has 2 aromatic heterocycles. The third-order valence-electron chi connectivity index (χ3n) is 2.63. The third kappa shape index (κ3) is 2.44. The zero-order valence-electron chi connectivity index (χ0n) is 9.47. The molecular weight excluding hydrogens is 224 g/mol. The van der Waals surface area contributed by atoms with E-state index in [9.17, 15) is 0 Å². The first-order valence-corrected chi connectivity index (χ1v) is 5.74. The number of hydrogen-bond donors (Lipinski definition) is 0. The monoisotopic (exact) mass is 238 g/mol. The van der Waals surface area contributed by atoms with E-state index in [-0.39, 0.29) is 5.38 Å². The lowest BCUT2D eigenvalue weighted by Gasteiger charge is -2.02. The van der Waals surface area contributed by atoms with E-state index in [1.165, 1.54) is 5.69 Å². The zero-order valence-corrected chi connectivity index (χ0v) is 10.2. The Morgan fingerprint density at radius 2 is 2.25 bits per heavy atom. The van der Waals surface area contributed by atoms with E-state index in [0.717, 1.165) is 18.5 Å². The number of hydrogen-bond acceptors (Lipinski definition) is 2. The Hall–Kier alpha value is -1.29. The second-order valence-electron chi connectivity index (χ2n) is 3.85. The van der Waals surface area contributed by atoms with Gasteiger partial charge in [0, 0.05) is 43.7 Å². The van der Waals surface area contributed by atoms with Gasteiger partial charge >= 0.3 is 0 Å². The highest BCUT2D eigenvalue weighted by atomic mass is 35.5. The molecule has 2 heterocycles. The van der Waals surface area contributed by atoms with Crippen LogP contribution < -0.4 is 0 Å². The van der Waals surface area contributed by atoms with Crippen LogP contribution in [0.1, 0.15) is 23.6 Å². The van der Waals surface area contributed by atoms with Gasteiger partial charge in [-0.3, -0.25) is 9.36 Å². The van der Waals surface area contributed by atoms with Crippen molar-refractivity contribution in [1.29, 1.82) is 0 Å². The fourth-order valence-electron chi connectivity index (χ4n) is 1.58. The van der Waals surface area contributed by atoms with E-state index < -0.39 is 0 Å². The van der Waals surface area contributed by atoms with Gasteiger partial charge < -0.3 is 0 Å². The van der Waals surface area contributed by atoms with Crippen LogP contribution in [-0.2, 0) is 20.0 Å². The lowest BCUT2D eigenvalue weighted by atomic mass is 10.3. The van der Waals surface area contributed by atoms with E-state index in [0.29, 0.717) is 0 Å². The summed E-state index contributed by atoms with van der Waals surface area (Å²) >= 11 is 5.97. The molecule has 1 atom stereocenters. The minimum atomic E-state index is 0.0189. The molecule has 0 aliphatic carbocycles. The summed E-state index contributed by atoms with van der Waals surface area (Å²) in [6.07, 6.45) is 6.55. The van der Waals surface area contributed by atoms with Crippen molar-refractivity contribution in [2.24, 2.45) is 7.05 Å². The summed E-state index contributed by atoms with van der Waals surface area (Å²) in [4.78, 5) is 0. The van der Waals surface area contributed by atoms with Crippen molar-refractivity contribution in [3.8, 4) is 0 Å². The summed E-state index contributed by atoms with van der Waals surface area (Å²) in [6.45, 7) is 2.80. The molecule has 0 aliphatic rings. The van der Waals surface area contributed by atoms with Crippen LogP contribution in [0.4, 0.5) is 0 Å². The van der Waals surface area contributed by atoms with Crippen LogP contribution in [0.3, 0.4) is 0 Å². The SMILES string of the molecule is CC(Cl)c1cnn(CCc2ccnn2C)c1. The largest absolute Gasteiger partial charge is 0.273 e. The summed E-state index contributed by atoms with van der Waals surface area (Å²) in [5, 5.41) is 8.42. The van der Waals surface area contributed by atoms with Gasteiger partial charge in [0.25, 0.3) is 0 Å². The number of rotatable bonds is 4. The van der Waals surface area contributed by atoms with E-state index in [1.54, 1.807) is 0 Å². The van der Waals surface area contributed by atoms with Gasteiger partial charge in [0.2, 0.25) is 0 Å². The fraction of sp³-hybridized carbons (Fsp3) is 0.455. The molecule has 0 saturated heterocycles. The van der Waals surface area contributed by atoms with E-state index in [1.807, 2.05) is 48.0 Å². The highest BCUT2D eigenvalue weighted by Crippen LogP contribution is 2.17. The molecule has 0 N–H and O–H groups in total. The number of alkyl halides is 1. The minimum Gasteiger partial charge on any atom is -0.273 e. The summed E-state index contributed by atoms with van der Waals surface area (Å²) < 4.78 is 3.80. The molecule has 2 rings (SSSR count). The molecule has 5 heteroatoms. The quantitative estimate of drug-likeness (QED) is 0.766. The van der Waals surface area contributed by atoms with E-state index in [2.05, 4.69) is 10.2 Å². The topological polar surface area (TPSA) is 35.6 Å². The lowest BCUT2D eigenvalue weighted by Crippen LogP contribution is -2.05. The van der Waals surface area contributed by atoms with Crippen LogP contribution in [0.25, 0.3) is 0 Å². The van der Waals surface area contributed by atoms with Gasteiger partial charge in [0.15, 0.2) is 0 Å². The number of nitrogens with zero attached hydrogens (tertiary/aromatic N) is 4. The zero-order chi connectivity index (χ0) is 11.5. The van der Waals surface area contributed by atoms with Gasteiger partial charge in [-0.2, -0.15) is 10.2 Å². The second kappa shape index (κ2) is 4.70. The summed E-state index contributed by atoms with van der Waals surface area (Å²) in [6, 6.07) is 2.02. The summed E-state index contributed by atoms with van der Waals surface area (Å²) in [5.74, 6) is 0. The highest BCUT2D eigenvalue weighted by Gasteiger charge is 2.05. The molecule has 86 valence electrons. The van der Waals surface area contributed by atoms with Crippen molar-refractivity contribution in [3.05, 3.63) is 35.9 Å². The van der Waals surface area contributed by atoms with Gasteiger partial charge in [-0.1, -0.05) is 0 Å². The van der Waals surface area contributed by atoms with Crippen LogP contribution in [0, 0.1) is 0 Å². The van der Waals surface area contributed by atoms with Crippen LogP contribution >= 0.6 is 11.6 Å². The molecule has 0 saturated carbocycles. The molecule has 0 bridgehead atoms. The molecule has 1 unspecified atom stereocenters. The first kappa shape index (κ1) is 11.2. The predicted molar refractivity (Wildman–Crippen MR) is 63.4 cm³/mol. The van der Waals surface area contributed by atoms with Crippen molar-refractivity contribution in [1.82, 2.24) is 19.6 Å². The smallest absolute Gasteiger partial charge is 0.0588 e. The second-order valence-corrected chi connectivity index (χ2v) is 4.50. The molecule has 0 amide bonds.